The van der Waals surface area contributed by atoms with Gasteiger partial charge in [-0.25, -0.2) is 0 Å². The van der Waals surface area contributed by atoms with E-state index in [1.54, 1.807) is 46.4 Å². The monoisotopic (exact) mass is 381 g/mol. The maximum absolute atomic E-state index is 12.7. The minimum atomic E-state index is -0.493. The van der Waals surface area contributed by atoms with Crippen molar-refractivity contribution in [2.45, 2.75) is 44.7 Å². The number of furan rings is 1. The average molecular weight is 381 g/mol. The van der Waals surface area contributed by atoms with Gasteiger partial charge in [0.1, 0.15) is 11.8 Å². The van der Waals surface area contributed by atoms with Crippen LogP contribution in [0.5, 0.6) is 0 Å². The molecule has 28 heavy (non-hydrogen) atoms. The van der Waals surface area contributed by atoms with Crippen LogP contribution in [0.25, 0.3) is 6.08 Å². The molecule has 2 aromatic rings. The van der Waals surface area contributed by atoms with Crippen LogP contribution in [0.4, 0.5) is 5.69 Å². The van der Waals surface area contributed by atoms with Gasteiger partial charge in [-0.2, -0.15) is 10.4 Å². The Labute approximate surface area is 163 Å². The van der Waals surface area contributed by atoms with Gasteiger partial charge < -0.3 is 14.6 Å². The summed E-state index contributed by atoms with van der Waals surface area (Å²) in [6.45, 7) is 1.25. The molecule has 2 amide bonds. The summed E-state index contributed by atoms with van der Waals surface area (Å²) >= 11 is 0. The van der Waals surface area contributed by atoms with Crippen molar-refractivity contribution in [2.24, 2.45) is 0 Å². The quantitative estimate of drug-likeness (QED) is 0.559. The molecule has 1 N–H and O–H groups in total. The first-order chi connectivity index (χ1) is 13.7. The second kappa shape index (κ2) is 9.55. The van der Waals surface area contributed by atoms with E-state index in [0.717, 1.165) is 19.3 Å². The molecule has 1 saturated heterocycles. The number of aromatic nitrogens is 2. The number of carbonyl (C=O) groups is 2. The van der Waals surface area contributed by atoms with Crippen LogP contribution in [0.1, 0.15) is 37.9 Å². The van der Waals surface area contributed by atoms with Crippen molar-refractivity contribution in [3.8, 4) is 6.07 Å². The molecule has 0 aliphatic carbocycles. The molecule has 3 heterocycles. The third-order valence-electron chi connectivity index (χ3n) is 4.60. The molecule has 1 unspecified atom stereocenters. The Hall–Kier alpha value is -3.34. The Morgan fingerprint density at radius 1 is 1.43 bits per heavy atom. The number of likely N-dealkylation sites (tertiary alicyclic amines) is 1. The summed E-state index contributed by atoms with van der Waals surface area (Å²) in [6, 6.07) is 5.13. The number of unbranched alkanes of at least 4 members (excludes halogenated alkanes) is 2. The molecule has 3 rings (SSSR count). The summed E-state index contributed by atoms with van der Waals surface area (Å²) in [4.78, 5) is 26.7. The Bertz CT molecular complexity index is 863. The summed E-state index contributed by atoms with van der Waals surface area (Å²) in [7, 11) is 0. The molecule has 1 atom stereocenters. The van der Waals surface area contributed by atoms with Gasteiger partial charge in [-0.1, -0.05) is 0 Å². The highest BCUT2D eigenvalue weighted by atomic mass is 16.3. The van der Waals surface area contributed by atoms with Gasteiger partial charge in [0, 0.05) is 31.8 Å². The van der Waals surface area contributed by atoms with Crippen molar-refractivity contribution in [2.75, 3.05) is 11.9 Å². The zero-order valence-corrected chi connectivity index (χ0v) is 15.6. The van der Waals surface area contributed by atoms with Gasteiger partial charge in [-0.15, -0.1) is 0 Å². The van der Waals surface area contributed by atoms with Crippen molar-refractivity contribution >= 4 is 23.6 Å². The van der Waals surface area contributed by atoms with E-state index in [-0.39, 0.29) is 11.8 Å². The van der Waals surface area contributed by atoms with E-state index >= 15 is 0 Å². The van der Waals surface area contributed by atoms with E-state index < -0.39 is 6.04 Å². The van der Waals surface area contributed by atoms with Crippen LogP contribution in [0, 0.1) is 11.3 Å². The number of carbonyl (C=O) groups excluding carboxylic acids is 2. The fourth-order valence-corrected chi connectivity index (χ4v) is 3.19. The van der Waals surface area contributed by atoms with Crippen molar-refractivity contribution < 1.29 is 14.0 Å². The Balaban J connectivity index is 1.54. The Morgan fingerprint density at radius 3 is 3.11 bits per heavy atom. The van der Waals surface area contributed by atoms with Gasteiger partial charge in [0.2, 0.25) is 11.8 Å². The summed E-state index contributed by atoms with van der Waals surface area (Å²) in [6.07, 6.45) is 11.6. The third-order valence-corrected chi connectivity index (χ3v) is 4.60. The number of aryl methyl sites for hydroxylation is 1. The minimum Gasteiger partial charge on any atom is -0.465 e. The maximum atomic E-state index is 12.7. The minimum absolute atomic E-state index is 0.206. The molecule has 8 nitrogen and oxygen atoms in total. The lowest BCUT2D eigenvalue weighted by Gasteiger charge is -2.22. The standard InChI is InChI=1S/C20H23N5O3/c21-10-2-1-3-11-24-15-16(14-22-24)23-20(27)18-7-4-12-25(18)19(26)9-8-17-6-5-13-28-17/h5-6,8-9,13-15,18H,1-4,7,11-12H2,(H,23,27). The lowest BCUT2D eigenvalue weighted by Crippen LogP contribution is -2.42. The van der Waals surface area contributed by atoms with Crippen LogP contribution in [-0.4, -0.2) is 39.1 Å². The molecule has 0 aromatic carbocycles. The number of nitrogens with one attached hydrogen (secondary N) is 1. The zero-order valence-electron chi connectivity index (χ0n) is 15.6. The van der Waals surface area contributed by atoms with E-state index in [1.807, 2.05) is 0 Å². The molecular formula is C20H23N5O3. The lowest BCUT2D eigenvalue weighted by atomic mass is 10.2. The van der Waals surface area contributed by atoms with Crippen LogP contribution in [0.15, 0.2) is 41.3 Å². The van der Waals surface area contributed by atoms with Crippen molar-refractivity contribution in [1.82, 2.24) is 14.7 Å². The smallest absolute Gasteiger partial charge is 0.247 e. The highest BCUT2D eigenvalue weighted by molar-refractivity contribution is 6.00. The number of nitrogens with zero attached hydrogens (tertiary/aromatic N) is 4. The Kier molecular flexibility index (Phi) is 6.63. The van der Waals surface area contributed by atoms with Crippen molar-refractivity contribution in [3.05, 3.63) is 42.6 Å². The molecule has 0 saturated carbocycles. The molecule has 146 valence electrons. The molecule has 8 heteroatoms. The molecule has 0 spiro atoms. The van der Waals surface area contributed by atoms with Crippen LogP contribution in [0.3, 0.4) is 0 Å². The normalized spacial score (nSPS) is 16.4. The summed E-state index contributed by atoms with van der Waals surface area (Å²) in [5, 5.41) is 15.6. The van der Waals surface area contributed by atoms with Crippen LogP contribution < -0.4 is 5.32 Å². The van der Waals surface area contributed by atoms with Crippen molar-refractivity contribution in [1.29, 1.82) is 5.26 Å². The molecule has 2 aromatic heterocycles. The summed E-state index contributed by atoms with van der Waals surface area (Å²) in [5.74, 6) is 0.180. The van der Waals surface area contributed by atoms with Crippen LogP contribution in [-0.2, 0) is 16.1 Å². The van der Waals surface area contributed by atoms with Gasteiger partial charge >= 0.3 is 0 Å². The Morgan fingerprint density at radius 2 is 2.32 bits per heavy atom. The number of hydrogen-bond acceptors (Lipinski definition) is 5. The van der Waals surface area contributed by atoms with Crippen molar-refractivity contribution in [3.63, 3.8) is 0 Å². The van der Waals surface area contributed by atoms with E-state index in [0.29, 0.717) is 37.4 Å². The number of amides is 2. The predicted molar refractivity (Wildman–Crippen MR) is 103 cm³/mol. The highest BCUT2D eigenvalue weighted by Gasteiger charge is 2.33. The van der Waals surface area contributed by atoms with E-state index in [9.17, 15) is 9.59 Å². The maximum Gasteiger partial charge on any atom is 0.247 e. The topological polar surface area (TPSA) is 104 Å². The first kappa shape index (κ1) is 19.4. The van der Waals surface area contributed by atoms with Gasteiger partial charge in [0.25, 0.3) is 0 Å². The van der Waals surface area contributed by atoms with Crippen LogP contribution >= 0.6 is 0 Å². The van der Waals surface area contributed by atoms with E-state index in [2.05, 4.69) is 16.5 Å². The van der Waals surface area contributed by atoms with Crippen LogP contribution in [0.2, 0.25) is 0 Å². The van der Waals surface area contributed by atoms with Gasteiger partial charge in [0.05, 0.1) is 24.2 Å². The lowest BCUT2D eigenvalue weighted by molar-refractivity contribution is -0.132. The SMILES string of the molecule is N#CCCCCn1cc(NC(=O)C2CCCN2C(=O)C=Cc2ccco2)cn1. The average Bonchev–Trinajstić information content (AvgIpc) is 3.45. The number of anilines is 1. The van der Waals surface area contributed by atoms with E-state index in [1.165, 1.54) is 6.08 Å². The molecule has 1 fully saturated rings. The molecule has 0 radical (unpaired) electrons. The first-order valence-corrected chi connectivity index (χ1v) is 9.40. The third kappa shape index (κ3) is 5.10. The fraction of sp³-hybridized carbons (Fsp3) is 0.400. The second-order valence-electron chi connectivity index (χ2n) is 6.63. The van der Waals surface area contributed by atoms with E-state index in [4.69, 9.17) is 9.68 Å². The highest BCUT2D eigenvalue weighted by Crippen LogP contribution is 2.20. The number of rotatable bonds is 8. The molecular weight excluding hydrogens is 358 g/mol. The van der Waals surface area contributed by atoms with Gasteiger partial charge in [-0.05, 0) is 43.9 Å². The largest absolute Gasteiger partial charge is 0.465 e. The van der Waals surface area contributed by atoms with Gasteiger partial charge in [-0.3, -0.25) is 14.3 Å². The summed E-state index contributed by atoms with van der Waals surface area (Å²) in [5.41, 5.74) is 0.607. The zero-order chi connectivity index (χ0) is 19.8. The number of nitriles is 1. The van der Waals surface area contributed by atoms with Gasteiger partial charge in [0.15, 0.2) is 0 Å². The fourth-order valence-electron chi connectivity index (χ4n) is 3.19. The molecule has 1 aliphatic heterocycles. The number of hydrogen-bond donors (Lipinski definition) is 1. The summed E-state index contributed by atoms with van der Waals surface area (Å²) < 4.78 is 6.93. The first-order valence-electron chi connectivity index (χ1n) is 9.40. The molecule has 1 aliphatic rings. The second-order valence-corrected chi connectivity index (χ2v) is 6.63. The predicted octanol–water partition coefficient (Wildman–Crippen LogP) is 2.81. The molecule has 0 bridgehead atoms.